The zero-order chi connectivity index (χ0) is 34.8. The van der Waals surface area contributed by atoms with Gasteiger partial charge >= 0.3 is 6.03 Å². The van der Waals surface area contributed by atoms with Crippen molar-refractivity contribution in [2.75, 3.05) is 38.2 Å². The van der Waals surface area contributed by atoms with E-state index in [4.69, 9.17) is 15.3 Å². The molecule has 0 fully saturated rings. The predicted octanol–water partition coefficient (Wildman–Crippen LogP) is -1.04. The van der Waals surface area contributed by atoms with E-state index >= 15 is 0 Å². The van der Waals surface area contributed by atoms with E-state index in [2.05, 4.69) is 26.7 Å². The SMILES string of the molecule is CC(C)[C@H](NC(=O)CCOCCONC(=O)CCN1C(=O)C=CC1=O)C(=O)N[C@@H](CCCNC(N)=O)C(=O)Nc1ccc(CO)cc1. The Morgan fingerprint density at radius 2 is 1.57 bits per heavy atom. The van der Waals surface area contributed by atoms with E-state index in [0.29, 0.717) is 17.7 Å². The third-order valence-electron chi connectivity index (χ3n) is 6.72. The Morgan fingerprint density at radius 3 is 2.19 bits per heavy atom. The van der Waals surface area contributed by atoms with Gasteiger partial charge in [0.25, 0.3) is 11.8 Å². The molecule has 17 heteroatoms. The number of hydroxylamine groups is 1. The van der Waals surface area contributed by atoms with Crippen molar-refractivity contribution in [2.24, 2.45) is 11.7 Å². The van der Waals surface area contributed by atoms with Crippen LogP contribution in [0.5, 0.6) is 0 Å². The van der Waals surface area contributed by atoms with Crippen molar-refractivity contribution in [3.63, 3.8) is 0 Å². The van der Waals surface area contributed by atoms with Gasteiger partial charge in [-0.05, 0) is 36.5 Å². The van der Waals surface area contributed by atoms with Gasteiger partial charge in [-0.15, -0.1) is 0 Å². The second-order valence-electron chi connectivity index (χ2n) is 10.8. The van der Waals surface area contributed by atoms with Crippen molar-refractivity contribution in [1.29, 1.82) is 0 Å². The number of anilines is 1. The fourth-order valence-corrected chi connectivity index (χ4v) is 4.17. The van der Waals surface area contributed by atoms with Crippen molar-refractivity contribution >= 4 is 47.2 Å². The van der Waals surface area contributed by atoms with Crippen LogP contribution in [0.15, 0.2) is 36.4 Å². The van der Waals surface area contributed by atoms with E-state index in [0.717, 1.165) is 17.1 Å². The Labute approximate surface area is 271 Å². The summed E-state index contributed by atoms with van der Waals surface area (Å²) in [5.74, 6) is -3.39. The van der Waals surface area contributed by atoms with Gasteiger partial charge in [0.2, 0.25) is 23.6 Å². The molecule has 0 aromatic heterocycles. The van der Waals surface area contributed by atoms with E-state index in [1.54, 1.807) is 38.1 Å². The molecule has 0 radical (unpaired) electrons. The minimum atomic E-state index is -1.00. The lowest BCUT2D eigenvalue weighted by Crippen LogP contribution is -2.54. The summed E-state index contributed by atoms with van der Waals surface area (Å²) in [7, 11) is 0. The number of rotatable bonds is 21. The van der Waals surface area contributed by atoms with Crippen LogP contribution in [0.2, 0.25) is 0 Å². The molecule has 0 saturated heterocycles. The second-order valence-corrected chi connectivity index (χ2v) is 10.8. The van der Waals surface area contributed by atoms with E-state index in [1.165, 1.54) is 0 Å². The molecule has 8 N–H and O–H groups in total. The van der Waals surface area contributed by atoms with Crippen molar-refractivity contribution < 1.29 is 48.2 Å². The number of primary amides is 1. The van der Waals surface area contributed by atoms with Crippen LogP contribution in [0.25, 0.3) is 0 Å². The number of hydrogen-bond donors (Lipinski definition) is 7. The standard InChI is InChI=1S/C30H43N7O10/c1-19(2)27(35-23(39)12-15-46-16-17-47-36-24(40)11-14-37-25(41)9-10-26(37)42)29(44)34-22(4-3-13-32-30(31)45)28(43)33-21-7-5-20(18-38)6-8-21/h5-10,19,22,27,38H,3-4,11-18H2,1-2H3,(H,33,43)(H,34,44)(H,35,39)(H,36,40)(H3,31,32,45)/t22-,27-/m0/s1. The summed E-state index contributed by atoms with van der Waals surface area (Å²) in [5.41, 5.74) is 8.38. The molecule has 0 aliphatic carbocycles. The lowest BCUT2D eigenvalue weighted by molar-refractivity contribution is -0.139. The number of urea groups is 1. The maximum atomic E-state index is 13.2. The quantitative estimate of drug-likeness (QED) is 0.0479. The predicted molar refractivity (Wildman–Crippen MR) is 167 cm³/mol. The number of aliphatic hydroxyl groups excluding tert-OH is 1. The number of nitrogens with zero attached hydrogens (tertiary/aromatic N) is 1. The van der Waals surface area contributed by atoms with Crippen molar-refractivity contribution in [3.8, 4) is 0 Å². The number of nitrogens with two attached hydrogens (primary N) is 1. The maximum absolute atomic E-state index is 13.2. The maximum Gasteiger partial charge on any atom is 0.312 e. The summed E-state index contributed by atoms with van der Waals surface area (Å²) in [4.78, 5) is 90.6. The largest absolute Gasteiger partial charge is 0.392 e. The number of nitrogens with one attached hydrogen (secondary N) is 5. The first-order valence-electron chi connectivity index (χ1n) is 15.1. The Hall–Kier alpha value is -4.87. The molecule has 0 unspecified atom stereocenters. The van der Waals surface area contributed by atoms with Gasteiger partial charge < -0.3 is 36.8 Å². The molecule has 258 valence electrons. The lowest BCUT2D eigenvalue weighted by Gasteiger charge is -2.25. The van der Waals surface area contributed by atoms with E-state index in [9.17, 15) is 38.7 Å². The smallest absolute Gasteiger partial charge is 0.312 e. The van der Waals surface area contributed by atoms with Crippen molar-refractivity contribution in [1.82, 2.24) is 26.3 Å². The average Bonchev–Trinajstić information content (AvgIpc) is 3.35. The molecule has 1 aromatic rings. The molecule has 2 atom stereocenters. The fourth-order valence-electron chi connectivity index (χ4n) is 4.17. The fraction of sp³-hybridized carbons (Fsp3) is 0.500. The van der Waals surface area contributed by atoms with Crippen LogP contribution in [0.4, 0.5) is 10.5 Å². The minimum absolute atomic E-state index is 0.00524. The highest BCUT2D eigenvalue weighted by molar-refractivity contribution is 6.13. The first-order chi connectivity index (χ1) is 22.4. The van der Waals surface area contributed by atoms with Gasteiger partial charge in [-0.1, -0.05) is 26.0 Å². The molecule has 0 saturated carbocycles. The zero-order valence-electron chi connectivity index (χ0n) is 26.4. The topological polar surface area (TPSA) is 248 Å². The molecular formula is C30H43N7O10. The highest BCUT2D eigenvalue weighted by atomic mass is 16.7. The van der Waals surface area contributed by atoms with Gasteiger partial charge in [0.1, 0.15) is 12.1 Å². The Bertz CT molecular complexity index is 1270. The van der Waals surface area contributed by atoms with Gasteiger partial charge in [0, 0.05) is 43.8 Å². The van der Waals surface area contributed by atoms with E-state index in [1.807, 2.05) is 0 Å². The lowest BCUT2D eigenvalue weighted by atomic mass is 10.0. The Kier molecular flexibility index (Phi) is 16.5. The van der Waals surface area contributed by atoms with Gasteiger partial charge in [0.05, 0.1) is 26.4 Å². The van der Waals surface area contributed by atoms with Gasteiger partial charge in [-0.3, -0.25) is 38.5 Å². The summed E-state index contributed by atoms with van der Waals surface area (Å²) in [6, 6.07) is 3.83. The number of aliphatic hydroxyl groups is 1. The summed E-state index contributed by atoms with van der Waals surface area (Å²) < 4.78 is 5.35. The summed E-state index contributed by atoms with van der Waals surface area (Å²) in [5, 5.41) is 19.7. The van der Waals surface area contributed by atoms with E-state index in [-0.39, 0.29) is 64.7 Å². The van der Waals surface area contributed by atoms with Gasteiger partial charge in [-0.2, -0.15) is 0 Å². The number of hydrogen-bond acceptors (Lipinski definition) is 10. The molecular weight excluding hydrogens is 618 g/mol. The number of benzene rings is 1. The number of ether oxygens (including phenoxy) is 1. The highest BCUT2D eigenvalue weighted by Gasteiger charge is 2.29. The molecule has 0 bridgehead atoms. The van der Waals surface area contributed by atoms with Crippen LogP contribution in [0, 0.1) is 5.92 Å². The molecule has 0 spiro atoms. The summed E-state index contributed by atoms with van der Waals surface area (Å²) in [6.45, 7) is 3.42. The third-order valence-corrected chi connectivity index (χ3v) is 6.72. The van der Waals surface area contributed by atoms with Crippen LogP contribution in [0.3, 0.4) is 0 Å². The summed E-state index contributed by atoms with van der Waals surface area (Å²) >= 11 is 0. The molecule has 1 aliphatic heterocycles. The van der Waals surface area contributed by atoms with Crippen molar-refractivity contribution in [2.45, 2.75) is 58.2 Å². The third kappa shape index (κ3) is 14.4. The van der Waals surface area contributed by atoms with Crippen LogP contribution < -0.4 is 32.5 Å². The van der Waals surface area contributed by atoms with Crippen molar-refractivity contribution in [3.05, 3.63) is 42.0 Å². The van der Waals surface area contributed by atoms with Crippen LogP contribution in [0.1, 0.15) is 45.1 Å². The first-order valence-corrected chi connectivity index (χ1v) is 15.1. The number of imide groups is 1. The zero-order valence-corrected chi connectivity index (χ0v) is 26.4. The van der Waals surface area contributed by atoms with E-state index < -0.39 is 53.6 Å². The Balaban J connectivity index is 1.77. The monoisotopic (exact) mass is 661 g/mol. The molecule has 17 nitrogen and oxygen atoms in total. The number of carbonyl (C=O) groups excluding carboxylic acids is 7. The van der Waals surface area contributed by atoms with Crippen LogP contribution in [-0.4, -0.2) is 96.5 Å². The molecule has 8 amide bonds. The molecule has 1 heterocycles. The van der Waals surface area contributed by atoms with Crippen LogP contribution >= 0.6 is 0 Å². The second kappa shape index (κ2) is 20.3. The first kappa shape index (κ1) is 38.3. The molecule has 1 aliphatic rings. The minimum Gasteiger partial charge on any atom is -0.392 e. The summed E-state index contributed by atoms with van der Waals surface area (Å²) in [6.07, 6.45) is 2.53. The molecule has 1 aromatic carbocycles. The Morgan fingerprint density at radius 1 is 0.894 bits per heavy atom. The van der Waals surface area contributed by atoms with Crippen LogP contribution in [-0.2, 0) is 44.9 Å². The average molecular weight is 662 g/mol. The molecule has 2 rings (SSSR count). The number of carbonyl (C=O) groups is 7. The molecule has 47 heavy (non-hydrogen) atoms. The highest BCUT2D eigenvalue weighted by Crippen LogP contribution is 2.12. The normalized spacial score (nSPS) is 13.7. The van der Waals surface area contributed by atoms with Gasteiger partial charge in [-0.25, -0.2) is 10.3 Å². The van der Waals surface area contributed by atoms with Gasteiger partial charge in [0.15, 0.2) is 0 Å². The number of amides is 8.